The smallest absolute Gasteiger partial charge is 0.280 e. The van der Waals surface area contributed by atoms with Gasteiger partial charge in [-0.3, -0.25) is 24.5 Å². The van der Waals surface area contributed by atoms with Gasteiger partial charge in [-0.1, -0.05) is 51.1 Å². The highest BCUT2D eigenvalue weighted by Crippen LogP contribution is 2.62. The number of methoxy groups -OCH3 is 1. The van der Waals surface area contributed by atoms with E-state index in [2.05, 4.69) is 37.1 Å². The summed E-state index contributed by atoms with van der Waals surface area (Å²) >= 11 is 0. The molecule has 5 heterocycles. The minimum atomic E-state index is -1.38. The van der Waals surface area contributed by atoms with Crippen molar-refractivity contribution in [2.24, 2.45) is 5.92 Å². The molecule has 3 saturated heterocycles. The number of amides is 1. The topological polar surface area (TPSA) is 142 Å². The SMILES string of the molecule is CC[C@H]1O[C@@H](n2cnc3c(=O)[nH]c(NC(=O)C(C)C)nc32)C(OCCOC)[C@H]1OP1O[C@@H](c2ccccc2)[C@H]2CCCN21. The van der Waals surface area contributed by atoms with Gasteiger partial charge < -0.3 is 23.3 Å². The quantitative estimate of drug-likeness (QED) is 0.241. The minimum absolute atomic E-state index is 0.0440. The molecule has 0 bridgehead atoms. The molecule has 43 heavy (non-hydrogen) atoms. The molecule has 2 aromatic heterocycles. The second-order valence-corrected chi connectivity index (χ2v) is 12.7. The highest BCUT2D eigenvalue weighted by molar-refractivity contribution is 7.45. The normalized spacial score (nSPS) is 29.1. The van der Waals surface area contributed by atoms with Crippen LogP contribution in [0.4, 0.5) is 5.95 Å². The first-order valence-electron chi connectivity index (χ1n) is 14.9. The molecule has 3 fully saturated rings. The molecule has 0 saturated carbocycles. The minimum Gasteiger partial charge on any atom is -0.382 e. The first kappa shape index (κ1) is 30.3. The molecule has 6 rings (SSSR count). The van der Waals surface area contributed by atoms with Crippen molar-refractivity contribution in [3.05, 3.63) is 52.6 Å². The number of nitrogens with zero attached hydrogens (tertiary/aromatic N) is 4. The van der Waals surface area contributed by atoms with Crippen molar-refractivity contribution in [3.63, 3.8) is 0 Å². The van der Waals surface area contributed by atoms with Crippen molar-refractivity contribution in [2.75, 3.05) is 32.2 Å². The van der Waals surface area contributed by atoms with Crippen molar-refractivity contribution >= 4 is 31.5 Å². The van der Waals surface area contributed by atoms with E-state index in [4.69, 9.17) is 23.3 Å². The van der Waals surface area contributed by atoms with Gasteiger partial charge in [0.2, 0.25) is 11.9 Å². The van der Waals surface area contributed by atoms with Crippen molar-refractivity contribution < 1.29 is 28.1 Å². The largest absolute Gasteiger partial charge is 0.382 e. The van der Waals surface area contributed by atoms with Gasteiger partial charge in [0, 0.05) is 25.6 Å². The maximum Gasteiger partial charge on any atom is 0.280 e. The van der Waals surface area contributed by atoms with Crippen molar-refractivity contribution in [2.45, 2.75) is 76.7 Å². The Bertz CT molecular complexity index is 1470. The van der Waals surface area contributed by atoms with Crippen LogP contribution in [0.25, 0.3) is 11.2 Å². The van der Waals surface area contributed by atoms with Crippen LogP contribution in [0.5, 0.6) is 0 Å². The van der Waals surface area contributed by atoms with Gasteiger partial charge in [-0.15, -0.1) is 0 Å². The Kier molecular flexibility index (Phi) is 9.20. The molecule has 1 amide bonds. The maximum atomic E-state index is 12.9. The molecular formula is C29H39N6O7P. The number of carbonyl (C=O) groups is 1. The first-order chi connectivity index (χ1) is 20.9. The zero-order valence-corrected chi connectivity index (χ0v) is 25.7. The number of ether oxygens (including phenoxy) is 3. The predicted molar refractivity (Wildman–Crippen MR) is 159 cm³/mol. The van der Waals surface area contributed by atoms with Crippen LogP contribution in [-0.2, 0) is 28.1 Å². The summed E-state index contributed by atoms with van der Waals surface area (Å²) in [5, 5.41) is 2.67. The highest BCUT2D eigenvalue weighted by Gasteiger charge is 2.53. The number of carbonyl (C=O) groups excluding carboxylic acids is 1. The van der Waals surface area contributed by atoms with Crippen LogP contribution in [0, 0.1) is 5.92 Å². The van der Waals surface area contributed by atoms with E-state index >= 15 is 0 Å². The van der Waals surface area contributed by atoms with E-state index in [1.165, 1.54) is 6.33 Å². The molecular weight excluding hydrogens is 575 g/mol. The van der Waals surface area contributed by atoms with Gasteiger partial charge in [0.15, 0.2) is 17.4 Å². The fourth-order valence-corrected chi connectivity index (χ4v) is 7.89. The molecule has 3 aliphatic rings. The number of aromatic nitrogens is 4. The molecule has 2 N–H and O–H groups in total. The summed E-state index contributed by atoms with van der Waals surface area (Å²) in [5.74, 6) is -0.511. The van der Waals surface area contributed by atoms with Crippen molar-refractivity contribution in [1.82, 2.24) is 24.2 Å². The van der Waals surface area contributed by atoms with Crippen LogP contribution in [-0.4, -0.2) is 81.3 Å². The molecule has 3 aliphatic heterocycles. The van der Waals surface area contributed by atoms with Gasteiger partial charge in [0.05, 0.1) is 25.6 Å². The number of benzene rings is 1. The third kappa shape index (κ3) is 6.00. The number of hydrogen-bond acceptors (Lipinski definition) is 10. The van der Waals surface area contributed by atoms with Crippen molar-refractivity contribution in [1.29, 1.82) is 0 Å². The van der Waals surface area contributed by atoms with Gasteiger partial charge in [0.1, 0.15) is 18.3 Å². The number of H-pyrrole nitrogens is 1. The molecule has 14 heteroatoms. The second kappa shape index (κ2) is 13.1. The lowest BCUT2D eigenvalue weighted by Gasteiger charge is -2.29. The molecule has 2 unspecified atom stereocenters. The number of anilines is 1. The van der Waals surface area contributed by atoms with Crippen LogP contribution >= 0.6 is 8.53 Å². The van der Waals surface area contributed by atoms with E-state index in [0.29, 0.717) is 19.6 Å². The molecule has 0 spiro atoms. The Morgan fingerprint density at radius 1 is 1.23 bits per heavy atom. The zero-order valence-electron chi connectivity index (χ0n) is 24.8. The third-order valence-electron chi connectivity index (χ3n) is 8.13. The number of hydrogen-bond donors (Lipinski definition) is 2. The molecule has 3 aromatic rings. The fraction of sp³-hybridized carbons (Fsp3) is 0.586. The molecule has 1 aromatic carbocycles. The van der Waals surface area contributed by atoms with Crippen LogP contribution in [0.15, 0.2) is 41.5 Å². The summed E-state index contributed by atoms with van der Waals surface area (Å²) < 4.78 is 35.8. The lowest BCUT2D eigenvalue weighted by atomic mass is 10.0. The van der Waals surface area contributed by atoms with E-state index in [-0.39, 0.29) is 47.2 Å². The summed E-state index contributed by atoms with van der Waals surface area (Å²) in [7, 11) is 0.244. The van der Waals surface area contributed by atoms with Crippen LogP contribution in [0.1, 0.15) is 57.9 Å². The zero-order chi connectivity index (χ0) is 30.1. The Hall–Kier alpha value is -2.77. The number of fused-ring (bicyclic) bond motifs is 2. The van der Waals surface area contributed by atoms with Gasteiger partial charge in [-0.05, 0) is 24.8 Å². The number of imidazole rings is 1. The summed E-state index contributed by atoms with van der Waals surface area (Å²) in [4.78, 5) is 36.7. The predicted octanol–water partition coefficient (Wildman–Crippen LogP) is 3.90. The van der Waals surface area contributed by atoms with Gasteiger partial charge >= 0.3 is 0 Å². The summed E-state index contributed by atoms with van der Waals surface area (Å²) in [6, 6.07) is 10.6. The Labute approximate surface area is 251 Å². The van der Waals surface area contributed by atoms with Gasteiger partial charge in [-0.2, -0.15) is 4.98 Å². The Morgan fingerprint density at radius 3 is 2.79 bits per heavy atom. The lowest BCUT2D eigenvalue weighted by molar-refractivity contribution is -0.118. The first-order valence-corrected chi connectivity index (χ1v) is 16.0. The van der Waals surface area contributed by atoms with Crippen LogP contribution in [0.2, 0.25) is 0 Å². The second-order valence-electron chi connectivity index (χ2n) is 11.3. The maximum absolute atomic E-state index is 12.9. The van der Waals surface area contributed by atoms with E-state index in [1.54, 1.807) is 25.5 Å². The number of aromatic amines is 1. The average Bonchev–Trinajstić information content (AvgIpc) is 3.78. The Balaban J connectivity index is 1.31. The third-order valence-corrected chi connectivity index (χ3v) is 9.88. The summed E-state index contributed by atoms with van der Waals surface area (Å²) in [6.07, 6.45) is 2.20. The average molecular weight is 615 g/mol. The molecule has 0 aliphatic carbocycles. The number of nitrogens with one attached hydrogen (secondary N) is 2. The van der Waals surface area contributed by atoms with E-state index in [1.807, 2.05) is 25.1 Å². The monoisotopic (exact) mass is 614 g/mol. The number of rotatable bonds is 11. The van der Waals surface area contributed by atoms with E-state index in [0.717, 1.165) is 24.9 Å². The molecule has 13 nitrogen and oxygen atoms in total. The standard InChI is InChI=1S/C29H39N6O7P/c1-5-20-23(42-43-35-13-9-12-19(35)22(41-43)18-10-7-6-8-11-18)24(39-15-14-38-4)28(40-20)34-16-30-21-25(34)31-29(33-27(21)37)32-26(36)17(2)3/h6-8,10-11,16-17,19-20,22-24,28H,5,9,12-15H2,1-4H3,(H2,31,32,33,36,37)/t19-,20-,22+,23+,24?,28-,43?/m1/s1. The lowest BCUT2D eigenvalue weighted by Crippen LogP contribution is -2.37. The van der Waals surface area contributed by atoms with E-state index in [9.17, 15) is 9.59 Å². The van der Waals surface area contributed by atoms with Gasteiger partial charge in [-0.25, -0.2) is 9.65 Å². The molecule has 7 atom stereocenters. The molecule has 0 radical (unpaired) electrons. The van der Waals surface area contributed by atoms with Crippen molar-refractivity contribution in [3.8, 4) is 0 Å². The van der Waals surface area contributed by atoms with E-state index < -0.39 is 32.5 Å². The van der Waals surface area contributed by atoms with Crippen LogP contribution in [0.3, 0.4) is 0 Å². The highest BCUT2D eigenvalue weighted by atomic mass is 31.2. The summed E-state index contributed by atoms with van der Waals surface area (Å²) in [6.45, 7) is 7.17. The Morgan fingerprint density at radius 2 is 2.05 bits per heavy atom. The van der Waals surface area contributed by atoms with Gasteiger partial charge in [0.25, 0.3) is 14.1 Å². The van der Waals surface area contributed by atoms with Crippen LogP contribution < -0.4 is 10.9 Å². The molecule has 232 valence electrons. The fourth-order valence-electron chi connectivity index (χ4n) is 5.90. The summed E-state index contributed by atoms with van der Waals surface area (Å²) in [5.41, 5.74) is 1.09.